The van der Waals surface area contributed by atoms with E-state index in [2.05, 4.69) is 48.1 Å². The monoisotopic (exact) mass is 317 g/mol. The maximum atomic E-state index is 12.7. The van der Waals surface area contributed by atoms with E-state index >= 15 is 0 Å². The number of rotatable bonds is 3. The average molecular weight is 317 g/mol. The molecule has 22 heavy (non-hydrogen) atoms. The first-order chi connectivity index (χ1) is 10.5. The maximum Gasteiger partial charge on any atom is 0.240 e. The van der Waals surface area contributed by atoms with Crippen LogP contribution in [0.5, 0.6) is 0 Å². The largest absolute Gasteiger partial charge is 0.368 e. The van der Waals surface area contributed by atoms with Crippen molar-refractivity contribution >= 4 is 29.3 Å². The van der Waals surface area contributed by atoms with Gasteiger partial charge in [-0.15, -0.1) is 5.10 Å². The fourth-order valence-electron chi connectivity index (χ4n) is 3.02. The molecule has 3 N–H and O–H groups in total. The quantitative estimate of drug-likeness (QED) is 0.906. The molecule has 1 aliphatic rings. The van der Waals surface area contributed by atoms with Gasteiger partial charge in [0.05, 0.1) is 5.25 Å². The number of aromatic amines is 1. The number of carbonyl (C=O) groups excluding carboxylic acids is 1. The number of amides is 1. The number of aryl methyl sites for hydroxylation is 3. The van der Waals surface area contributed by atoms with Gasteiger partial charge in [-0.3, -0.25) is 4.79 Å². The fraction of sp³-hybridized carbons (Fsp3) is 0.400. The molecule has 1 saturated heterocycles. The zero-order valence-corrected chi connectivity index (χ0v) is 13.7. The Kier molecular flexibility index (Phi) is 3.82. The Labute approximate surface area is 133 Å². The highest BCUT2D eigenvalue weighted by atomic mass is 32.2. The van der Waals surface area contributed by atoms with Gasteiger partial charge in [-0.2, -0.15) is 4.98 Å². The molecule has 3 rings (SSSR count). The molecular formula is C15H19N5OS. The average Bonchev–Trinajstić information content (AvgIpc) is 2.98. The van der Waals surface area contributed by atoms with Crippen molar-refractivity contribution in [1.82, 2.24) is 15.2 Å². The third-order valence-corrected chi connectivity index (χ3v) is 4.91. The van der Waals surface area contributed by atoms with Crippen LogP contribution in [0.4, 0.5) is 11.6 Å². The molecule has 2 aromatic rings. The summed E-state index contributed by atoms with van der Waals surface area (Å²) in [5.74, 6) is 0.387. The summed E-state index contributed by atoms with van der Waals surface area (Å²) in [6.45, 7) is 6.90. The highest BCUT2D eigenvalue weighted by molar-refractivity contribution is 8.00. The van der Waals surface area contributed by atoms with E-state index in [4.69, 9.17) is 5.73 Å². The molecule has 1 atom stereocenters. The molecule has 1 aliphatic heterocycles. The van der Waals surface area contributed by atoms with Gasteiger partial charge < -0.3 is 10.6 Å². The molecule has 0 unspecified atom stereocenters. The van der Waals surface area contributed by atoms with E-state index in [1.165, 1.54) is 17.3 Å². The lowest BCUT2D eigenvalue weighted by Gasteiger charge is -2.22. The summed E-state index contributed by atoms with van der Waals surface area (Å²) in [5.41, 5.74) is 10.0. The van der Waals surface area contributed by atoms with Crippen LogP contribution in [0, 0.1) is 20.8 Å². The number of benzene rings is 1. The summed E-state index contributed by atoms with van der Waals surface area (Å²) in [6, 6.07) is 4.23. The number of carbonyl (C=O) groups is 1. The summed E-state index contributed by atoms with van der Waals surface area (Å²) in [4.78, 5) is 18.7. The van der Waals surface area contributed by atoms with Crippen molar-refractivity contribution in [2.75, 3.05) is 17.2 Å². The van der Waals surface area contributed by atoms with Gasteiger partial charge in [-0.1, -0.05) is 29.5 Å². The van der Waals surface area contributed by atoms with Crippen molar-refractivity contribution < 1.29 is 4.79 Å². The van der Waals surface area contributed by atoms with Gasteiger partial charge in [0.15, 0.2) is 0 Å². The molecule has 116 valence electrons. The summed E-state index contributed by atoms with van der Waals surface area (Å²) in [6.07, 6.45) is 0.782. The number of hydrogen-bond donors (Lipinski definition) is 2. The number of thioether (sulfide) groups is 1. The van der Waals surface area contributed by atoms with Crippen LogP contribution in [-0.2, 0) is 4.79 Å². The molecule has 1 amide bonds. The van der Waals surface area contributed by atoms with E-state index in [1.807, 2.05) is 4.90 Å². The number of H-pyrrole nitrogens is 1. The smallest absolute Gasteiger partial charge is 0.240 e. The maximum absolute atomic E-state index is 12.7. The Morgan fingerprint density at radius 2 is 2.00 bits per heavy atom. The molecule has 1 fully saturated rings. The summed E-state index contributed by atoms with van der Waals surface area (Å²) < 4.78 is 0. The lowest BCUT2D eigenvalue weighted by molar-refractivity contribution is -0.116. The first kappa shape index (κ1) is 14.9. The summed E-state index contributed by atoms with van der Waals surface area (Å²) in [5, 5.41) is 6.95. The van der Waals surface area contributed by atoms with Crippen molar-refractivity contribution in [1.29, 1.82) is 0 Å². The molecule has 1 aromatic heterocycles. The molecule has 0 saturated carbocycles. The lowest BCUT2D eigenvalue weighted by Crippen LogP contribution is -2.29. The Hall–Kier alpha value is -2.02. The topological polar surface area (TPSA) is 87.9 Å². The van der Waals surface area contributed by atoms with Gasteiger partial charge in [-0.05, 0) is 38.3 Å². The molecular weight excluding hydrogens is 298 g/mol. The Balaban J connectivity index is 1.82. The molecule has 6 nitrogen and oxygen atoms in total. The van der Waals surface area contributed by atoms with E-state index in [0.717, 1.165) is 29.8 Å². The Bertz CT molecular complexity index is 703. The van der Waals surface area contributed by atoms with E-state index in [-0.39, 0.29) is 17.1 Å². The van der Waals surface area contributed by atoms with Crippen molar-refractivity contribution in [3.05, 3.63) is 28.8 Å². The normalized spacial score (nSPS) is 18.2. The number of nitrogens with zero attached hydrogens (tertiary/aromatic N) is 3. The summed E-state index contributed by atoms with van der Waals surface area (Å²) in [7, 11) is 0. The van der Waals surface area contributed by atoms with Crippen molar-refractivity contribution in [3.8, 4) is 0 Å². The van der Waals surface area contributed by atoms with Crippen LogP contribution in [0.1, 0.15) is 23.1 Å². The van der Waals surface area contributed by atoms with E-state index in [9.17, 15) is 4.79 Å². The van der Waals surface area contributed by atoms with Gasteiger partial charge >= 0.3 is 0 Å². The highest BCUT2D eigenvalue weighted by Gasteiger charge is 2.35. The zero-order chi connectivity index (χ0) is 15.9. The molecule has 2 heterocycles. The molecule has 0 spiro atoms. The number of nitrogens with two attached hydrogens (primary N) is 1. The number of nitrogens with one attached hydrogen (secondary N) is 1. The van der Waals surface area contributed by atoms with Crippen LogP contribution in [-0.4, -0.2) is 32.9 Å². The first-order valence-electron chi connectivity index (χ1n) is 7.19. The third-order valence-electron chi connectivity index (χ3n) is 3.79. The van der Waals surface area contributed by atoms with Crippen molar-refractivity contribution in [2.45, 2.75) is 37.6 Å². The van der Waals surface area contributed by atoms with Gasteiger partial charge in [0.1, 0.15) is 0 Å². The molecule has 0 bridgehead atoms. The third kappa shape index (κ3) is 2.68. The minimum Gasteiger partial charge on any atom is -0.368 e. The number of anilines is 2. The summed E-state index contributed by atoms with van der Waals surface area (Å²) >= 11 is 1.37. The van der Waals surface area contributed by atoms with Crippen LogP contribution in [0.3, 0.4) is 0 Å². The van der Waals surface area contributed by atoms with Crippen LogP contribution >= 0.6 is 11.8 Å². The van der Waals surface area contributed by atoms with Crippen LogP contribution < -0.4 is 10.6 Å². The minimum absolute atomic E-state index is 0.114. The van der Waals surface area contributed by atoms with E-state index in [0.29, 0.717) is 5.16 Å². The predicted octanol–water partition coefficient (Wildman–Crippen LogP) is 2.21. The Morgan fingerprint density at radius 3 is 2.59 bits per heavy atom. The predicted molar refractivity (Wildman–Crippen MR) is 88.1 cm³/mol. The molecule has 0 radical (unpaired) electrons. The standard InChI is InChI=1S/C15H19N5OS/c1-8-6-9(2)12(10(3)7-8)20-5-4-11(13(20)21)22-15-17-14(16)18-19-15/h6-7,11H,4-5H2,1-3H3,(H3,16,17,18,19)/t11-/m1/s1. The molecule has 0 aliphatic carbocycles. The van der Waals surface area contributed by atoms with Crippen molar-refractivity contribution in [3.63, 3.8) is 0 Å². The number of aromatic nitrogens is 3. The van der Waals surface area contributed by atoms with Crippen LogP contribution in [0.15, 0.2) is 17.3 Å². The van der Waals surface area contributed by atoms with E-state index in [1.54, 1.807) is 0 Å². The highest BCUT2D eigenvalue weighted by Crippen LogP contribution is 2.35. The second kappa shape index (κ2) is 5.64. The molecule has 7 heteroatoms. The van der Waals surface area contributed by atoms with Crippen molar-refractivity contribution in [2.24, 2.45) is 0 Å². The first-order valence-corrected chi connectivity index (χ1v) is 8.07. The molecule has 1 aromatic carbocycles. The van der Waals surface area contributed by atoms with Gasteiger partial charge in [0, 0.05) is 12.2 Å². The number of nitrogen functional groups attached to an aromatic ring is 1. The zero-order valence-electron chi connectivity index (χ0n) is 12.9. The fourth-order valence-corrected chi connectivity index (χ4v) is 3.98. The van der Waals surface area contributed by atoms with Crippen LogP contribution in [0.2, 0.25) is 0 Å². The van der Waals surface area contributed by atoms with Crippen LogP contribution in [0.25, 0.3) is 0 Å². The SMILES string of the molecule is Cc1cc(C)c(N2CC[C@@H](Sc3n[nH]c(N)n3)C2=O)c(C)c1. The lowest BCUT2D eigenvalue weighted by atomic mass is 10.0. The van der Waals surface area contributed by atoms with Gasteiger partial charge in [0.25, 0.3) is 0 Å². The minimum atomic E-state index is -0.157. The van der Waals surface area contributed by atoms with E-state index < -0.39 is 0 Å². The number of hydrogen-bond acceptors (Lipinski definition) is 5. The second-order valence-corrected chi connectivity index (χ2v) is 6.81. The van der Waals surface area contributed by atoms with Gasteiger partial charge in [0.2, 0.25) is 17.0 Å². The second-order valence-electron chi connectivity index (χ2n) is 5.64. The van der Waals surface area contributed by atoms with Gasteiger partial charge in [-0.25, -0.2) is 5.10 Å². The Morgan fingerprint density at radius 1 is 1.32 bits per heavy atom.